The monoisotopic (exact) mass is 566 g/mol. The molecule has 5 aromatic rings. The van der Waals surface area contributed by atoms with E-state index in [9.17, 15) is 14.0 Å². The molecule has 10 nitrogen and oxygen atoms in total. The number of fused-ring (bicyclic) bond motifs is 1. The molecule has 0 saturated carbocycles. The van der Waals surface area contributed by atoms with Crippen molar-refractivity contribution in [3.05, 3.63) is 102 Å². The molecule has 11 heteroatoms. The van der Waals surface area contributed by atoms with Crippen molar-refractivity contribution in [3.63, 3.8) is 0 Å². The molecule has 0 aliphatic carbocycles. The van der Waals surface area contributed by atoms with E-state index in [0.29, 0.717) is 54.0 Å². The van der Waals surface area contributed by atoms with Gasteiger partial charge in [0.15, 0.2) is 5.65 Å². The number of aryl methyl sites for hydroxylation is 1. The van der Waals surface area contributed by atoms with Gasteiger partial charge in [0, 0.05) is 29.9 Å². The van der Waals surface area contributed by atoms with Crippen molar-refractivity contribution in [2.45, 2.75) is 13.5 Å². The van der Waals surface area contributed by atoms with Crippen LogP contribution in [0.2, 0.25) is 0 Å². The van der Waals surface area contributed by atoms with Gasteiger partial charge < -0.3 is 20.1 Å². The third-order valence-electron chi connectivity index (χ3n) is 7.01. The number of anilines is 3. The van der Waals surface area contributed by atoms with E-state index in [1.807, 2.05) is 37.4 Å². The van der Waals surface area contributed by atoms with Crippen molar-refractivity contribution in [1.29, 1.82) is 0 Å². The molecule has 1 aliphatic heterocycles. The lowest BCUT2D eigenvalue weighted by atomic mass is 10.0. The normalized spacial score (nSPS) is 12.8. The summed E-state index contributed by atoms with van der Waals surface area (Å²) in [6.45, 7) is 3.03. The van der Waals surface area contributed by atoms with Gasteiger partial charge >= 0.3 is 6.09 Å². The lowest BCUT2D eigenvalue weighted by Crippen LogP contribution is -2.23. The first-order valence-electron chi connectivity index (χ1n) is 13.3. The van der Waals surface area contributed by atoms with Crippen LogP contribution in [0.4, 0.5) is 26.5 Å². The van der Waals surface area contributed by atoms with Crippen LogP contribution in [-0.2, 0) is 11.3 Å². The summed E-state index contributed by atoms with van der Waals surface area (Å²) in [7, 11) is 1.55. The van der Waals surface area contributed by atoms with Crippen molar-refractivity contribution in [2.24, 2.45) is 0 Å². The molecular weight excluding hydrogens is 539 g/mol. The molecule has 0 atom stereocenters. The van der Waals surface area contributed by atoms with Gasteiger partial charge in [0.2, 0.25) is 5.95 Å². The summed E-state index contributed by atoms with van der Waals surface area (Å²) in [5.74, 6) is 0.397. The summed E-state index contributed by atoms with van der Waals surface area (Å²) in [4.78, 5) is 30.8. The average Bonchev–Trinajstić information content (AvgIpc) is 3.61. The molecule has 1 aliphatic rings. The van der Waals surface area contributed by atoms with E-state index in [2.05, 4.69) is 20.7 Å². The van der Waals surface area contributed by atoms with Crippen LogP contribution < -0.4 is 20.3 Å². The number of halogens is 1. The van der Waals surface area contributed by atoms with Gasteiger partial charge in [-0.2, -0.15) is 4.98 Å². The van der Waals surface area contributed by atoms with Gasteiger partial charge in [-0.05, 0) is 66.1 Å². The van der Waals surface area contributed by atoms with Gasteiger partial charge in [0.25, 0.3) is 5.91 Å². The van der Waals surface area contributed by atoms with Gasteiger partial charge in [-0.25, -0.2) is 13.7 Å². The molecule has 0 radical (unpaired) electrons. The van der Waals surface area contributed by atoms with Gasteiger partial charge in [0.05, 0.1) is 25.0 Å². The largest absolute Gasteiger partial charge is 0.494 e. The Bertz CT molecular complexity index is 1800. The van der Waals surface area contributed by atoms with Gasteiger partial charge in [-0.3, -0.25) is 9.69 Å². The SMILES string of the molecule is COc1cc(N2CCOC2=O)ccc1Nc1nc2ccc(-c3ccc(C(=O)NCc4ccc(F)cc4)c(C)c3)cn2n1. The number of methoxy groups -OCH3 is 1. The Morgan fingerprint density at radius 3 is 2.60 bits per heavy atom. The number of hydrogen-bond acceptors (Lipinski definition) is 7. The summed E-state index contributed by atoms with van der Waals surface area (Å²) in [6, 6.07) is 20.8. The zero-order valence-electron chi connectivity index (χ0n) is 22.9. The number of ether oxygens (including phenoxy) is 2. The number of cyclic esters (lactones) is 1. The van der Waals surface area contributed by atoms with Crippen molar-refractivity contribution in [2.75, 3.05) is 30.5 Å². The van der Waals surface area contributed by atoms with Crippen LogP contribution >= 0.6 is 0 Å². The van der Waals surface area contributed by atoms with Crippen LogP contribution in [0, 0.1) is 12.7 Å². The van der Waals surface area contributed by atoms with E-state index in [0.717, 1.165) is 22.3 Å². The highest BCUT2D eigenvalue weighted by Crippen LogP contribution is 2.33. The molecular formula is C31H27FN6O4. The maximum Gasteiger partial charge on any atom is 0.414 e. The Hall–Kier alpha value is -5.45. The Labute approximate surface area is 240 Å². The summed E-state index contributed by atoms with van der Waals surface area (Å²) >= 11 is 0. The number of nitrogens with one attached hydrogen (secondary N) is 2. The van der Waals surface area contributed by atoms with E-state index < -0.39 is 0 Å². The number of aromatic nitrogens is 3. The maximum atomic E-state index is 13.1. The summed E-state index contributed by atoms with van der Waals surface area (Å²) in [5, 5.41) is 10.7. The van der Waals surface area contributed by atoms with Crippen molar-refractivity contribution in [1.82, 2.24) is 19.9 Å². The fraction of sp³-hybridized carbons (Fsp3) is 0.161. The minimum Gasteiger partial charge on any atom is -0.494 e. The number of carbonyl (C=O) groups is 2. The van der Waals surface area contributed by atoms with E-state index in [4.69, 9.17) is 9.47 Å². The maximum absolute atomic E-state index is 13.1. The first-order chi connectivity index (χ1) is 20.4. The Kier molecular flexibility index (Phi) is 7.14. The van der Waals surface area contributed by atoms with Crippen LogP contribution in [0.3, 0.4) is 0 Å². The predicted molar refractivity (Wildman–Crippen MR) is 156 cm³/mol. The zero-order valence-corrected chi connectivity index (χ0v) is 22.9. The molecule has 2 amide bonds. The molecule has 0 unspecified atom stereocenters. The number of nitrogens with zero attached hydrogens (tertiary/aromatic N) is 4. The number of amides is 2. The highest BCUT2D eigenvalue weighted by molar-refractivity contribution is 5.96. The van der Waals surface area contributed by atoms with Crippen molar-refractivity contribution in [3.8, 4) is 16.9 Å². The quantitative estimate of drug-likeness (QED) is 0.256. The first kappa shape index (κ1) is 26.8. The lowest BCUT2D eigenvalue weighted by molar-refractivity contribution is 0.0950. The number of pyridine rings is 1. The fourth-order valence-corrected chi connectivity index (χ4v) is 4.78. The summed E-state index contributed by atoms with van der Waals surface area (Å²) in [5.41, 5.74) is 6.00. The smallest absolute Gasteiger partial charge is 0.414 e. The van der Waals surface area contributed by atoms with E-state index in [1.165, 1.54) is 12.1 Å². The number of hydrogen-bond donors (Lipinski definition) is 2. The minimum absolute atomic E-state index is 0.199. The molecule has 2 N–H and O–H groups in total. The third-order valence-corrected chi connectivity index (χ3v) is 7.01. The molecule has 0 bridgehead atoms. The van der Waals surface area contributed by atoms with E-state index in [1.54, 1.807) is 52.9 Å². The fourth-order valence-electron chi connectivity index (χ4n) is 4.78. The topological polar surface area (TPSA) is 110 Å². The van der Waals surface area contributed by atoms with E-state index >= 15 is 0 Å². The molecule has 1 saturated heterocycles. The third kappa shape index (κ3) is 5.44. The second kappa shape index (κ2) is 11.2. The van der Waals surface area contributed by atoms with Crippen molar-refractivity contribution < 1.29 is 23.5 Å². The number of rotatable bonds is 8. The van der Waals surface area contributed by atoms with Crippen LogP contribution in [0.25, 0.3) is 16.8 Å². The highest BCUT2D eigenvalue weighted by Gasteiger charge is 2.24. The summed E-state index contributed by atoms with van der Waals surface area (Å²) < 4.78 is 25.4. The van der Waals surface area contributed by atoms with Gasteiger partial charge in [-0.15, -0.1) is 5.10 Å². The van der Waals surface area contributed by atoms with Crippen LogP contribution in [0.5, 0.6) is 5.75 Å². The van der Waals surface area contributed by atoms with Crippen LogP contribution in [0.1, 0.15) is 21.5 Å². The standard InChI is InChI=1S/C31H27FN6O4/c1-19-15-21(5-10-25(19)29(39)33-17-20-3-7-23(32)8-4-20)22-6-12-28-35-30(36-38(28)18-22)34-26-11-9-24(16-27(26)41-2)37-13-14-42-31(37)40/h3-12,15-16,18H,13-14,17H2,1-2H3,(H,33,39)(H,34,36). The van der Waals surface area contributed by atoms with Crippen LogP contribution in [-0.4, -0.2) is 46.9 Å². The highest BCUT2D eigenvalue weighted by atomic mass is 19.1. The first-order valence-corrected chi connectivity index (χ1v) is 13.3. The number of benzene rings is 3. The minimum atomic E-state index is -0.384. The van der Waals surface area contributed by atoms with E-state index in [-0.39, 0.29) is 17.8 Å². The Balaban J connectivity index is 1.17. The lowest BCUT2D eigenvalue weighted by Gasteiger charge is -2.16. The molecule has 1 fully saturated rings. The Morgan fingerprint density at radius 1 is 1.05 bits per heavy atom. The second-order valence-corrected chi connectivity index (χ2v) is 9.77. The Morgan fingerprint density at radius 2 is 1.86 bits per heavy atom. The molecule has 212 valence electrons. The summed E-state index contributed by atoms with van der Waals surface area (Å²) in [6.07, 6.45) is 1.49. The molecule has 6 rings (SSSR count). The molecule has 42 heavy (non-hydrogen) atoms. The molecule has 2 aromatic heterocycles. The van der Waals surface area contributed by atoms with Gasteiger partial charge in [0.1, 0.15) is 18.2 Å². The zero-order chi connectivity index (χ0) is 29.2. The predicted octanol–water partition coefficient (Wildman–Crippen LogP) is 5.48. The van der Waals surface area contributed by atoms with Crippen LogP contribution in [0.15, 0.2) is 79.0 Å². The molecule has 0 spiro atoms. The van der Waals surface area contributed by atoms with Crippen molar-refractivity contribution >= 4 is 35.0 Å². The molecule has 3 aromatic carbocycles. The van der Waals surface area contributed by atoms with Gasteiger partial charge in [-0.1, -0.05) is 24.3 Å². The molecule has 3 heterocycles. The number of carbonyl (C=O) groups excluding carboxylic acids is 2. The second-order valence-electron chi connectivity index (χ2n) is 9.77. The average molecular weight is 567 g/mol.